The van der Waals surface area contributed by atoms with Gasteiger partial charge in [-0.25, -0.2) is 0 Å². The molecule has 2 aliphatic rings. The minimum atomic E-state index is 0.0658. The second kappa shape index (κ2) is 7.52. The van der Waals surface area contributed by atoms with E-state index < -0.39 is 0 Å². The van der Waals surface area contributed by atoms with Crippen LogP contribution in [-0.4, -0.2) is 30.3 Å². The number of carbonyl (C=O) groups excluding carboxylic acids is 1. The molecule has 26 heavy (non-hydrogen) atoms. The third kappa shape index (κ3) is 3.62. The summed E-state index contributed by atoms with van der Waals surface area (Å²) in [5.74, 6) is 1.56. The van der Waals surface area contributed by atoms with E-state index in [2.05, 4.69) is 29.2 Å². The number of ether oxygens (including phenoxy) is 2. The number of rotatable bonds is 5. The van der Waals surface area contributed by atoms with Gasteiger partial charge in [-0.2, -0.15) is 0 Å². The number of fused-ring (bicyclic) bond motifs is 1. The minimum absolute atomic E-state index is 0.0658. The fraction of sp³-hybridized carbons (Fsp3) is 0.286. The largest absolute Gasteiger partial charge is 0.458 e. The molecule has 4 nitrogen and oxygen atoms in total. The standard InChI is InChI=1S/C21H20ClNO3/c22-18-12-17(13-20-21(18)26-11-10-25-20)19(24)7-9-23-8-6-16(14-23)15-4-2-1-3-5-15/h1-5,10-13,16H,6-9,14H2. The van der Waals surface area contributed by atoms with Gasteiger partial charge in [-0.05, 0) is 36.6 Å². The second-order valence-corrected chi connectivity index (χ2v) is 7.07. The molecule has 1 saturated heterocycles. The highest BCUT2D eigenvalue weighted by Gasteiger charge is 2.24. The summed E-state index contributed by atoms with van der Waals surface area (Å²) >= 11 is 6.20. The van der Waals surface area contributed by atoms with Gasteiger partial charge >= 0.3 is 0 Å². The molecule has 0 saturated carbocycles. The topological polar surface area (TPSA) is 38.8 Å². The van der Waals surface area contributed by atoms with Crippen molar-refractivity contribution in [1.29, 1.82) is 0 Å². The van der Waals surface area contributed by atoms with Crippen molar-refractivity contribution >= 4 is 17.4 Å². The van der Waals surface area contributed by atoms with Gasteiger partial charge in [-0.1, -0.05) is 41.9 Å². The summed E-state index contributed by atoms with van der Waals surface area (Å²) in [5.41, 5.74) is 1.94. The molecular weight excluding hydrogens is 350 g/mol. The Labute approximate surface area is 158 Å². The number of ketones is 1. The molecule has 2 aromatic carbocycles. The first-order valence-corrected chi connectivity index (χ1v) is 9.21. The van der Waals surface area contributed by atoms with Crippen molar-refractivity contribution in [3.05, 3.63) is 71.1 Å². The molecule has 1 fully saturated rings. The number of hydrogen-bond donors (Lipinski definition) is 0. The Morgan fingerprint density at radius 2 is 1.96 bits per heavy atom. The lowest BCUT2D eigenvalue weighted by Crippen LogP contribution is -2.23. The van der Waals surface area contributed by atoms with Crippen molar-refractivity contribution in [2.75, 3.05) is 19.6 Å². The molecule has 4 rings (SSSR count). The molecule has 0 N–H and O–H groups in total. The lowest BCUT2D eigenvalue weighted by Gasteiger charge is -2.17. The zero-order valence-corrected chi connectivity index (χ0v) is 15.1. The first-order chi connectivity index (χ1) is 12.7. The van der Waals surface area contributed by atoms with Crippen LogP contribution in [0.1, 0.15) is 34.7 Å². The van der Waals surface area contributed by atoms with Crippen LogP contribution in [0.15, 0.2) is 55.0 Å². The van der Waals surface area contributed by atoms with Gasteiger partial charge in [0.15, 0.2) is 17.3 Å². The molecule has 2 heterocycles. The van der Waals surface area contributed by atoms with Crippen molar-refractivity contribution in [3.63, 3.8) is 0 Å². The third-order valence-corrected chi connectivity index (χ3v) is 5.25. The number of nitrogens with zero attached hydrogens (tertiary/aromatic N) is 1. The van der Waals surface area contributed by atoms with E-state index in [9.17, 15) is 4.79 Å². The Kier molecular flexibility index (Phi) is 4.96. The van der Waals surface area contributed by atoms with E-state index in [1.165, 1.54) is 18.1 Å². The van der Waals surface area contributed by atoms with E-state index in [-0.39, 0.29) is 5.78 Å². The van der Waals surface area contributed by atoms with Crippen LogP contribution in [0.25, 0.3) is 0 Å². The van der Waals surface area contributed by atoms with Gasteiger partial charge in [0.25, 0.3) is 0 Å². The van der Waals surface area contributed by atoms with Gasteiger partial charge < -0.3 is 14.4 Å². The van der Waals surface area contributed by atoms with E-state index in [1.807, 2.05) is 6.07 Å². The van der Waals surface area contributed by atoms with Crippen LogP contribution in [0.4, 0.5) is 0 Å². The van der Waals surface area contributed by atoms with Gasteiger partial charge in [0, 0.05) is 25.1 Å². The van der Waals surface area contributed by atoms with E-state index in [0.29, 0.717) is 34.4 Å². The average Bonchev–Trinajstić information content (AvgIpc) is 3.16. The highest BCUT2D eigenvalue weighted by Crippen LogP contribution is 2.39. The van der Waals surface area contributed by atoms with Crippen molar-refractivity contribution in [3.8, 4) is 11.5 Å². The zero-order chi connectivity index (χ0) is 17.9. The molecule has 2 aromatic rings. The summed E-state index contributed by atoms with van der Waals surface area (Å²) in [6.07, 6.45) is 4.46. The van der Waals surface area contributed by atoms with Gasteiger partial charge in [0.05, 0.1) is 5.02 Å². The maximum atomic E-state index is 12.6. The van der Waals surface area contributed by atoms with Crippen LogP contribution in [-0.2, 0) is 0 Å². The Bertz CT molecular complexity index is 835. The molecule has 0 bridgehead atoms. The molecule has 2 aliphatic heterocycles. The predicted molar refractivity (Wildman–Crippen MR) is 101 cm³/mol. The Morgan fingerprint density at radius 3 is 2.81 bits per heavy atom. The summed E-state index contributed by atoms with van der Waals surface area (Å²) in [7, 11) is 0. The summed E-state index contributed by atoms with van der Waals surface area (Å²) in [6, 6.07) is 13.9. The van der Waals surface area contributed by atoms with E-state index in [0.717, 1.165) is 26.1 Å². The normalized spacial score (nSPS) is 18.9. The summed E-state index contributed by atoms with van der Waals surface area (Å²) in [5, 5.41) is 0.389. The van der Waals surface area contributed by atoms with Crippen molar-refractivity contribution in [2.45, 2.75) is 18.8 Å². The van der Waals surface area contributed by atoms with Crippen LogP contribution in [0.5, 0.6) is 11.5 Å². The number of likely N-dealkylation sites (tertiary alicyclic amines) is 1. The number of carbonyl (C=O) groups is 1. The van der Waals surface area contributed by atoms with Gasteiger partial charge in [-0.15, -0.1) is 0 Å². The average molecular weight is 370 g/mol. The summed E-state index contributed by atoms with van der Waals surface area (Å²) in [4.78, 5) is 15.0. The maximum Gasteiger partial charge on any atom is 0.187 e. The molecule has 134 valence electrons. The van der Waals surface area contributed by atoms with Gasteiger partial charge in [-0.3, -0.25) is 4.79 Å². The van der Waals surface area contributed by atoms with Crippen molar-refractivity contribution in [1.82, 2.24) is 4.90 Å². The molecular formula is C21H20ClNO3. The molecule has 1 unspecified atom stereocenters. The van der Waals surface area contributed by atoms with Gasteiger partial charge in [0.1, 0.15) is 12.5 Å². The van der Waals surface area contributed by atoms with Crippen LogP contribution in [0.2, 0.25) is 5.02 Å². The quantitative estimate of drug-likeness (QED) is 0.719. The Morgan fingerprint density at radius 1 is 1.15 bits per heavy atom. The fourth-order valence-electron chi connectivity index (χ4n) is 3.57. The highest BCUT2D eigenvalue weighted by molar-refractivity contribution is 6.32. The lowest BCUT2D eigenvalue weighted by atomic mass is 9.99. The van der Waals surface area contributed by atoms with Crippen LogP contribution in [0.3, 0.4) is 0 Å². The maximum absolute atomic E-state index is 12.6. The molecule has 1 atom stereocenters. The number of Topliss-reactive ketones (excluding diaryl/α,β-unsaturated/α-hetero) is 1. The molecule has 0 aromatic heterocycles. The van der Waals surface area contributed by atoms with Crippen molar-refractivity contribution in [2.24, 2.45) is 0 Å². The number of benzene rings is 2. The first-order valence-electron chi connectivity index (χ1n) is 8.83. The lowest BCUT2D eigenvalue weighted by molar-refractivity contribution is 0.0968. The minimum Gasteiger partial charge on any atom is -0.458 e. The SMILES string of the molecule is O=C(CCN1CCC(c2ccccc2)C1)c1cc(Cl)c2c(c1)OC=CO2. The summed E-state index contributed by atoms with van der Waals surface area (Å²) < 4.78 is 10.7. The third-order valence-electron chi connectivity index (χ3n) is 4.97. The Balaban J connectivity index is 1.36. The predicted octanol–water partition coefficient (Wildman–Crippen LogP) is 4.64. The molecule has 0 spiro atoms. The molecule has 0 amide bonds. The first kappa shape index (κ1) is 17.1. The smallest absolute Gasteiger partial charge is 0.187 e. The Hall–Kier alpha value is -2.30. The van der Waals surface area contributed by atoms with Crippen molar-refractivity contribution < 1.29 is 14.3 Å². The van der Waals surface area contributed by atoms with E-state index >= 15 is 0 Å². The number of halogens is 1. The second-order valence-electron chi connectivity index (χ2n) is 6.66. The highest BCUT2D eigenvalue weighted by atomic mass is 35.5. The molecule has 5 heteroatoms. The van der Waals surface area contributed by atoms with E-state index in [4.69, 9.17) is 21.1 Å². The molecule has 0 aliphatic carbocycles. The molecule has 0 radical (unpaired) electrons. The van der Waals surface area contributed by atoms with Crippen LogP contribution >= 0.6 is 11.6 Å². The van der Waals surface area contributed by atoms with E-state index in [1.54, 1.807) is 12.1 Å². The monoisotopic (exact) mass is 369 g/mol. The van der Waals surface area contributed by atoms with Crippen LogP contribution in [0, 0.1) is 0 Å². The van der Waals surface area contributed by atoms with Crippen LogP contribution < -0.4 is 9.47 Å². The fourth-order valence-corrected chi connectivity index (χ4v) is 3.82. The summed E-state index contributed by atoms with van der Waals surface area (Å²) in [6.45, 7) is 2.79. The van der Waals surface area contributed by atoms with Gasteiger partial charge in [0.2, 0.25) is 0 Å². The zero-order valence-electron chi connectivity index (χ0n) is 14.4. The number of hydrogen-bond acceptors (Lipinski definition) is 4.